The van der Waals surface area contributed by atoms with Crippen molar-refractivity contribution in [3.63, 3.8) is 0 Å². The molecule has 2 aromatic heterocycles. The second-order valence-electron chi connectivity index (χ2n) is 6.83. The van der Waals surface area contributed by atoms with Gasteiger partial charge >= 0.3 is 0 Å². The maximum Gasteiger partial charge on any atom is 0.137 e. The Morgan fingerprint density at radius 2 is 1.78 bits per heavy atom. The van der Waals surface area contributed by atoms with Crippen LogP contribution in [0.1, 0.15) is 59.2 Å². The number of nitrogens with zero attached hydrogens (tertiary/aromatic N) is 1. The molecule has 1 N–H and O–H groups in total. The molecular formula is C16H24N2. The van der Waals surface area contributed by atoms with E-state index in [1.165, 1.54) is 16.6 Å². The minimum atomic E-state index is 0.152. The molecule has 0 saturated heterocycles. The monoisotopic (exact) mass is 244 g/mol. The first-order valence-corrected chi connectivity index (χ1v) is 6.74. The highest BCUT2D eigenvalue weighted by Gasteiger charge is 2.21. The molecule has 2 nitrogen and oxygen atoms in total. The molecule has 0 unspecified atom stereocenters. The number of hydrogen-bond donors (Lipinski definition) is 1. The van der Waals surface area contributed by atoms with Gasteiger partial charge in [0.1, 0.15) is 5.65 Å². The fraction of sp³-hybridized carbons (Fsp3) is 0.562. The third-order valence-electron chi connectivity index (χ3n) is 3.95. The molecule has 0 spiro atoms. The van der Waals surface area contributed by atoms with Crippen LogP contribution in [-0.2, 0) is 10.8 Å². The Balaban J connectivity index is 2.53. The summed E-state index contributed by atoms with van der Waals surface area (Å²) in [6.45, 7) is 13.4. The molecule has 0 bridgehead atoms. The number of aromatic amines is 1. The van der Waals surface area contributed by atoms with Gasteiger partial charge in [0.05, 0.1) is 0 Å². The molecule has 0 fully saturated rings. The van der Waals surface area contributed by atoms with Gasteiger partial charge in [-0.1, -0.05) is 41.5 Å². The molecule has 0 radical (unpaired) electrons. The average molecular weight is 244 g/mol. The van der Waals surface area contributed by atoms with Crippen LogP contribution in [-0.4, -0.2) is 9.97 Å². The first-order chi connectivity index (χ1) is 8.24. The van der Waals surface area contributed by atoms with Crippen molar-refractivity contribution in [3.05, 3.63) is 29.6 Å². The van der Waals surface area contributed by atoms with E-state index >= 15 is 0 Å². The van der Waals surface area contributed by atoms with E-state index in [0.717, 1.165) is 12.1 Å². The van der Waals surface area contributed by atoms with E-state index in [4.69, 9.17) is 0 Å². The fourth-order valence-electron chi connectivity index (χ4n) is 1.98. The van der Waals surface area contributed by atoms with E-state index < -0.39 is 0 Å². The van der Waals surface area contributed by atoms with Crippen molar-refractivity contribution in [2.24, 2.45) is 0 Å². The van der Waals surface area contributed by atoms with Crippen LogP contribution in [0.15, 0.2) is 18.3 Å². The lowest BCUT2D eigenvalue weighted by atomic mass is 9.86. The molecule has 0 atom stereocenters. The highest BCUT2D eigenvalue weighted by molar-refractivity contribution is 5.77. The van der Waals surface area contributed by atoms with Gasteiger partial charge in [0, 0.05) is 22.7 Å². The molecule has 2 aromatic rings. The Morgan fingerprint density at radius 1 is 1.11 bits per heavy atom. The van der Waals surface area contributed by atoms with Crippen LogP contribution in [0.4, 0.5) is 0 Å². The molecule has 0 aromatic carbocycles. The number of H-pyrrole nitrogens is 1. The van der Waals surface area contributed by atoms with Crippen molar-refractivity contribution < 1.29 is 0 Å². The summed E-state index contributed by atoms with van der Waals surface area (Å²) in [6, 6.07) is 4.51. The molecular weight excluding hydrogens is 220 g/mol. The van der Waals surface area contributed by atoms with E-state index in [2.05, 4.69) is 63.6 Å². The summed E-state index contributed by atoms with van der Waals surface area (Å²) in [5.74, 6) is 0. The van der Waals surface area contributed by atoms with E-state index in [0.29, 0.717) is 0 Å². The van der Waals surface area contributed by atoms with Gasteiger partial charge in [-0.2, -0.15) is 0 Å². The smallest absolute Gasteiger partial charge is 0.137 e. The summed E-state index contributed by atoms with van der Waals surface area (Å²) in [7, 11) is 0. The summed E-state index contributed by atoms with van der Waals surface area (Å²) < 4.78 is 0. The molecule has 0 aliphatic heterocycles. The summed E-state index contributed by atoms with van der Waals surface area (Å²) in [6.07, 6.45) is 3.10. The van der Waals surface area contributed by atoms with Gasteiger partial charge in [-0.15, -0.1) is 0 Å². The standard InChI is InChI=1S/C16H24N2/c1-7-16(5,6)13-9-11-8-12(15(2,3)4)10-17-14(11)18-13/h8-10H,7H2,1-6H3,(H,17,18). The summed E-state index contributed by atoms with van der Waals surface area (Å²) >= 11 is 0. The molecule has 2 rings (SSSR count). The third kappa shape index (κ3) is 2.29. The first kappa shape index (κ1) is 13.1. The number of pyridine rings is 1. The van der Waals surface area contributed by atoms with Crippen LogP contribution in [0, 0.1) is 0 Å². The lowest BCUT2D eigenvalue weighted by Gasteiger charge is -2.20. The second kappa shape index (κ2) is 4.11. The minimum Gasteiger partial charge on any atom is -0.343 e. The zero-order valence-corrected chi connectivity index (χ0v) is 12.4. The van der Waals surface area contributed by atoms with E-state index in [1.54, 1.807) is 0 Å². The van der Waals surface area contributed by atoms with Gasteiger partial charge in [0.25, 0.3) is 0 Å². The lowest BCUT2D eigenvalue weighted by Crippen LogP contribution is -2.15. The molecule has 18 heavy (non-hydrogen) atoms. The van der Waals surface area contributed by atoms with Gasteiger partial charge in [0.15, 0.2) is 0 Å². The van der Waals surface area contributed by atoms with Crippen molar-refractivity contribution in [2.45, 2.75) is 58.8 Å². The number of fused-ring (bicyclic) bond motifs is 1. The van der Waals surface area contributed by atoms with Crippen LogP contribution < -0.4 is 0 Å². The Hall–Kier alpha value is -1.31. The van der Waals surface area contributed by atoms with Crippen LogP contribution in [0.5, 0.6) is 0 Å². The molecule has 0 aliphatic carbocycles. The van der Waals surface area contributed by atoms with Gasteiger partial charge in [-0.25, -0.2) is 4.98 Å². The Morgan fingerprint density at radius 3 is 2.33 bits per heavy atom. The summed E-state index contributed by atoms with van der Waals surface area (Å²) in [5, 5.41) is 1.22. The Bertz CT molecular complexity index is 556. The third-order valence-corrected chi connectivity index (χ3v) is 3.95. The number of nitrogens with one attached hydrogen (secondary N) is 1. The minimum absolute atomic E-state index is 0.152. The maximum atomic E-state index is 4.56. The highest BCUT2D eigenvalue weighted by atomic mass is 14.9. The fourth-order valence-corrected chi connectivity index (χ4v) is 1.98. The van der Waals surface area contributed by atoms with Crippen LogP contribution >= 0.6 is 0 Å². The number of rotatable bonds is 2. The van der Waals surface area contributed by atoms with Crippen molar-refractivity contribution >= 4 is 11.0 Å². The average Bonchev–Trinajstić information content (AvgIpc) is 2.71. The predicted molar refractivity (Wildman–Crippen MR) is 78.1 cm³/mol. The van der Waals surface area contributed by atoms with Crippen LogP contribution in [0.25, 0.3) is 11.0 Å². The van der Waals surface area contributed by atoms with Gasteiger partial charge in [-0.05, 0) is 29.5 Å². The Kier molecular flexibility index (Phi) is 3.00. The zero-order chi connectivity index (χ0) is 13.6. The molecule has 0 saturated carbocycles. The molecule has 0 aliphatic rings. The van der Waals surface area contributed by atoms with Crippen molar-refractivity contribution in [1.82, 2.24) is 9.97 Å². The maximum absolute atomic E-state index is 4.56. The highest BCUT2D eigenvalue weighted by Crippen LogP contribution is 2.30. The Labute approximate surface area is 110 Å². The molecule has 98 valence electrons. The predicted octanol–water partition coefficient (Wildman–Crippen LogP) is 4.55. The SMILES string of the molecule is CCC(C)(C)c1cc2cc(C(C)(C)C)cnc2[nH]1. The van der Waals surface area contributed by atoms with Gasteiger partial charge < -0.3 is 4.98 Å². The van der Waals surface area contributed by atoms with Crippen LogP contribution in [0.2, 0.25) is 0 Å². The summed E-state index contributed by atoms with van der Waals surface area (Å²) in [5.41, 5.74) is 3.90. The van der Waals surface area contributed by atoms with Crippen LogP contribution in [0.3, 0.4) is 0 Å². The van der Waals surface area contributed by atoms with Crippen molar-refractivity contribution in [1.29, 1.82) is 0 Å². The largest absolute Gasteiger partial charge is 0.343 e. The first-order valence-electron chi connectivity index (χ1n) is 6.74. The molecule has 0 amide bonds. The molecule has 2 heterocycles. The lowest BCUT2D eigenvalue weighted by molar-refractivity contribution is 0.494. The topological polar surface area (TPSA) is 28.7 Å². The molecule has 2 heteroatoms. The summed E-state index contributed by atoms with van der Waals surface area (Å²) in [4.78, 5) is 8.01. The second-order valence-corrected chi connectivity index (χ2v) is 6.83. The quantitative estimate of drug-likeness (QED) is 0.825. The van der Waals surface area contributed by atoms with E-state index in [9.17, 15) is 0 Å². The number of hydrogen-bond acceptors (Lipinski definition) is 1. The van der Waals surface area contributed by atoms with E-state index in [1.807, 2.05) is 6.20 Å². The van der Waals surface area contributed by atoms with Gasteiger partial charge in [-0.3, -0.25) is 0 Å². The van der Waals surface area contributed by atoms with Crippen molar-refractivity contribution in [2.75, 3.05) is 0 Å². The zero-order valence-electron chi connectivity index (χ0n) is 12.4. The van der Waals surface area contributed by atoms with E-state index in [-0.39, 0.29) is 10.8 Å². The van der Waals surface area contributed by atoms with Gasteiger partial charge in [0.2, 0.25) is 0 Å². The normalized spacial score (nSPS) is 13.2. The van der Waals surface area contributed by atoms with Crippen molar-refractivity contribution in [3.8, 4) is 0 Å². The number of aromatic nitrogens is 2.